The minimum Gasteiger partial charge on any atom is -0.507 e. The molecule has 2 unspecified atom stereocenters. The van der Waals surface area contributed by atoms with Gasteiger partial charge in [0.05, 0.1) is 24.1 Å². The van der Waals surface area contributed by atoms with Gasteiger partial charge in [-0.15, -0.1) is 0 Å². The molecule has 1 amide bonds. The number of hydrogen-bond acceptors (Lipinski definition) is 10. The molecule has 1 aromatic carbocycles. The molecule has 4 rings (SSSR count). The Labute approximate surface area is 219 Å². The number of primary amides is 1. The van der Waals surface area contributed by atoms with E-state index in [2.05, 4.69) is 5.32 Å². The van der Waals surface area contributed by atoms with Crippen LogP contribution in [0.4, 0.5) is 0 Å². The van der Waals surface area contributed by atoms with Crippen LogP contribution >= 0.6 is 0 Å². The highest BCUT2D eigenvalue weighted by Gasteiger charge is 2.69. The summed E-state index contributed by atoms with van der Waals surface area (Å²) in [5, 5.41) is 25.3. The molecule has 3 aliphatic carbocycles. The van der Waals surface area contributed by atoms with Crippen LogP contribution in [0, 0.1) is 23.7 Å². The number of Topliss-reactive ketones (excluding diaryl/α,β-unsaturated/α-hetero) is 5. The summed E-state index contributed by atoms with van der Waals surface area (Å²) < 4.78 is 0. The highest BCUT2D eigenvalue weighted by molar-refractivity contribution is 6.32. The largest absolute Gasteiger partial charge is 0.507 e. The second kappa shape index (κ2) is 9.18. The van der Waals surface area contributed by atoms with Crippen molar-refractivity contribution in [3.63, 3.8) is 0 Å². The minimum atomic E-state index is -2.78. The van der Waals surface area contributed by atoms with Gasteiger partial charge in [-0.2, -0.15) is 0 Å². The van der Waals surface area contributed by atoms with E-state index in [1.807, 2.05) is 20.8 Å². The lowest BCUT2D eigenvalue weighted by atomic mass is 9.52. The van der Waals surface area contributed by atoms with E-state index in [1.54, 1.807) is 0 Å². The maximum absolute atomic E-state index is 13.8. The van der Waals surface area contributed by atoms with Crippen LogP contribution in [-0.2, 0) is 25.6 Å². The molecular weight excluding hydrogens is 494 g/mol. The van der Waals surface area contributed by atoms with Crippen molar-refractivity contribution >= 4 is 34.8 Å². The summed E-state index contributed by atoms with van der Waals surface area (Å²) in [6.07, 6.45) is -0.0374. The number of fused-ring (bicyclic) bond motifs is 3. The lowest BCUT2D eigenvalue weighted by Crippen LogP contribution is -2.74. The molecule has 11 heteroatoms. The Bertz CT molecular complexity index is 1280. The fourth-order valence-corrected chi connectivity index (χ4v) is 6.31. The van der Waals surface area contributed by atoms with Crippen molar-refractivity contribution in [2.45, 2.75) is 50.8 Å². The van der Waals surface area contributed by atoms with Crippen LogP contribution in [-0.4, -0.2) is 87.8 Å². The number of benzene rings is 1. The van der Waals surface area contributed by atoms with Crippen LogP contribution < -0.4 is 11.1 Å². The van der Waals surface area contributed by atoms with Gasteiger partial charge < -0.3 is 21.3 Å². The third kappa shape index (κ3) is 4.09. The first-order valence-electron chi connectivity index (χ1n) is 12.5. The summed E-state index contributed by atoms with van der Waals surface area (Å²) in [6.45, 7) is 5.66. The standard InChI is InChI=1S/C27H33N3O8/c1-26(2,3)29-10-16(32)12-6-7-15(31)18-13(12)8-11-9-14-20(30(4)5)22(34)19(25(28)37)24(36)27(14,38)23(35)17(11)21(18)33/h6-7,11,14,17,19-20,29,31,38H,8-10H2,1-5H3,(H2,28,37)/t11-,14-,17?,19?,20-,27-/m0/s1. The molecule has 0 heterocycles. The number of ketones is 5. The third-order valence-corrected chi connectivity index (χ3v) is 8.02. The van der Waals surface area contributed by atoms with Crippen molar-refractivity contribution in [3.8, 4) is 5.75 Å². The molecule has 0 aliphatic heterocycles. The number of phenols is 1. The van der Waals surface area contributed by atoms with Gasteiger partial charge in [0.15, 0.2) is 40.4 Å². The fourth-order valence-electron chi connectivity index (χ4n) is 6.31. The first-order chi connectivity index (χ1) is 17.5. The molecule has 5 N–H and O–H groups in total. The summed E-state index contributed by atoms with van der Waals surface area (Å²) in [5.74, 6) is -11.6. The van der Waals surface area contributed by atoms with Gasteiger partial charge in [0.2, 0.25) is 5.91 Å². The Morgan fingerprint density at radius 3 is 2.32 bits per heavy atom. The topological polar surface area (TPSA) is 184 Å². The Balaban J connectivity index is 1.81. The van der Waals surface area contributed by atoms with Crippen molar-refractivity contribution in [2.75, 3.05) is 20.6 Å². The number of carbonyl (C=O) groups is 6. The van der Waals surface area contributed by atoms with E-state index >= 15 is 0 Å². The van der Waals surface area contributed by atoms with E-state index in [0.717, 1.165) is 0 Å². The Hall–Kier alpha value is -3.28. The lowest BCUT2D eigenvalue weighted by molar-refractivity contribution is -0.181. The number of aromatic hydroxyl groups is 1. The van der Waals surface area contributed by atoms with Gasteiger partial charge in [0, 0.05) is 17.0 Å². The second-order valence-electron chi connectivity index (χ2n) is 11.8. The molecule has 1 aromatic rings. The second-order valence-corrected chi connectivity index (χ2v) is 11.8. The number of likely N-dealkylation sites (N-methyl/N-ethyl adjacent to an activating group) is 1. The Morgan fingerprint density at radius 1 is 1.13 bits per heavy atom. The first-order valence-corrected chi connectivity index (χ1v) is 12.5. The number of phenolic OH excluding ortho intramolecular Hbond substituents is 1. The summed E-state index contributed by atoms with van der Waals surface area (Å²) >= 11 is 0. The van der Waals surface area contributed by atoms with E-state index in [0.29, 0.717) is 5.56 Å². The molecule has 2 saturated carbocycles. The first kappa shape index (κ1) is 27.7. The van der Waals surface area contributed by atoms with E-state index in [4.69, 9.17) is 5.73 Å². The molecule has 11 nitrogen and oxygen atoms in total. The zero-order valence-corrected chi connectivity index (χ0v) is 22.0. The molecule has 2 fully saturated rings. The molecule has 0 saturated heterocycles. The van der Waals surface area contributed by atoms with Crippen molar-refractivity contribution in [1.29, 1.82) is 0 Å². The molecule has 204 valence electrons. The lowest BCUT2D eigenvalue weighted by Gasteiger charge is -2.52. The van der Waals surface area contributed by atoms with Crippen molar-refractivity contribution < 1.29 is 39.0 Å². The Morgan fingerprint density at radius 2 is 1.76 bits per heavy atom. The quantitative estimate of drug-likeness (QED) is 0.286. The van der Waals surface area contributed by atoms with E-state index in [-0.39, 0.29) is 41.8 Å². The number of carbonyl (C=O) groups excluding carboxylic acids is 6. The molecule has 3 aliphatic rings. The van der Waals surface area contributed by atoms with Crippen LogP contribution in [0.5, 0.6) is 5.75 Å². The van der Waals surface area contributed by atoms with Gasteiger partial charge in [-0.1, -0.05) is 0 Å². The molecule has 0 bridgehead atoms. The van der Waals surface area contributed by atoms with Gasteiger partial charge >= 0.3 is 0 Å². The van der Waals surface area contributed by atoms with E-state index in [1.165, 1.54) is 31.1 Å². The summed E-state index contributed by atoms with van der Waals surface area (Å²) in [4.78, 5) is 80.5. The molecular formula is C27H33N3O8. The van der Waals surface area contributed by atoms with E-state index in [9.17, 15) is 39.0 Å². The van der Waals surface area contributed by atoms with Gasteiger partial charge in [-0.05, 0) is 71.3 Å². The number of nitrogens with zero attached hydrogens (tertiary/aromatic N) is 1. The van der Waals surface area contributed by atoms with E-state index < -0.39 is 70.1 Å². The molecule has 0 spiro atoms. The normalized spacial score (nSPS) is 31.1. The number of nitrogens with one attached hydrogen (secondary N) is 1. The zero-order chi connectivity index (χ0) is 28.5. The van der Waals surface area contributed by atoms with Gasteiger partial charge in [-0.3, -0.25) is 33.7 Å². The molecule has 38 heavy (non-hydrogen) atoms. The SMILES string of the molecule is CN(C)[C@@H]1C(=O)C(C(N)=O)C(=O)[C@@]2(O)C(=O)C3C(=O)c4c(O)ccc(C(=O)CNC(C)(C)C)c4C[C@H]3C[C@@H]12. The summed E-state index contributed by atoms with van der Waals surface area (Å²) in [5.41, 5.74) is 2.51. The third-order valence-electron chi connectivity index (χ3n) is 8.02. The molecule has 6 atom stereocenters. The van der Waals surface area contributed by atoms with Gasteiger partial charge in [0.1, 0.15) is 5.75 Å². The summed E-state index contributed by atoms with van der Waals surface area (Å²) in [6, 6.07) is 1.46. The van der Waals surface area contributed by atoms with Crippen LogP contribution in [0.1, 0.15) is 53.5 Å². The predicted molar refractivity (Wildman–Crippen MR) is 133 cm³/mol. The number of nitrogens with two attached hydrogens (primary N) is 1. The van der Waals surface area contributed by atoms with Crippen LogP contribution in [0.15, 0.2) is 12.1 Å². The van der Waals surface area contributed by atoms with Crippen LogP contribution in [0.25, 0.3) is 0 Å². The predicted octanol–water partition coefficient (Wildman–Crippen LogP) is -0.562. The number of amides is 1. The number of aliphatic hydroxyl groups is 1. The van der Waals surface area contributed by atoms with Crippen molar-refractivity contribution in [2.24, 2.45) is 29.4 Å². The molecule has 0 radical (unpaired) electrons. The summed E-state index contributed by atoms with van der Waals surface area (Å²) in [7, 11) is 3.04. The van der Waals surface area contributed by atoms with Crippen LogP contribution in [0.3, 0.4) is 0 Å². The number of hydrogen-bond donors (Lipinski definition) is 4. The van der Waals surface area contributed by atoms with Gasteiger partial charge in [0.25, 0.3) is 0 Å². The van der Waals surface area contributed by atoms with Crippen LogP contribution in [0.2, 0.25) is 0 Å². The average molecular weight is 528 g/mol. The smallest absolute Gasteiger partial charge is 0.235 e. The highest BCUT2D eigenvalue weighted by atomic mass is 16.3. The number of rotatable bonds is 5. The zero-order valence-electron chi connectivity index (χ0n) is 22.0. The minimum absolute atomic E-state index is 0.0233. The Kier molecular flexibility index (Phi) is 6.70. The molecule has 0 aromatic heterocycles. The van der Waals surface area contributed by atoms with Crippen molar-refractivity contribution in [1.82, 2.24) is 10.2 Å². The monoisotopic (exact) mass is 527 g/mol. The average Bonchev–Trinajstić information content (AvgIpc) is 2.79. The maximum atomic E-state index is 13.8. The highest BCUT2D eigenvalue weighted by Crippen LogP contribution is 2.51. The van der Waals surface area contributed by atoms with Crippen molar-refractivity contribution in [3.05, 3.63) is 28.8 Å². The van der Waals surface area contributed by atoms with Gasteiger partial charge in [-0.25, -0.2) is 0 Å². The fraction of sp³-hybridized carbons (Fsp3) is 0.556. The maximum Gasteiger partial charge on any atom is 0.235 e.